The number of halogens is 1. The number of aromatic amines is 1. The Morgan fingerprint density at radius 1 is 1.47 bits per heavy atom. The molecule has 0 fully saturated rings. The molecule has 0 aliphatic rings. The molecule has 1 unspecified atom stereocenters. The van der Waals surface area contributed by atoms with Crippen molar-refractivity contribution in [2.45, 2.75) is 32.3 Å². The summed E-state index contributed by atoms with van der Waals surface area (Å²) in [6.07, 6.45) is 2.14. The number of aliphatic hydroxyl groups is 1. The number of pyridine rings is 1. The van der Waals surface area contributed by atoms with E-state index in [1.54, 1.807) is 6.07 Å². The average Bonchev–Trinajstić information content (AvgIpc) is 2.89. The molecule has 0 bridgehead atoms. The summed E-state index contributed by atoms with van der Waals surface area (Å²) in [7, 11) is 0. The summed E-state index contributed by atoms with van der Waals surface area (Å²) in [5, 5.41) is 23.9. The summed E-state index contributed by atoms with van der Waals surface area (Å²) in [6, 6.07) is 3.64. The predicted octanol–water partition coefficient (Wildman–Crippen LogP) is -0.636. The zero-order valence-electron chi connectivity index (χ0n) is 12.0. The molecule has 0 saturated heterocycles. The van der Waals surface area contributed by atoms with Crippen LogP contribution in [0, 0.1) is 0 Å². The van der Waals surface area contributed by atoms with Gasteiger partial charge in [-0.05, 0) is 33.6 Å². The zero-order chi connectivity index (χ0) is 13.0. The van der Waals surface area contributed by atoms with Gasteiger partial charge in [0.05, 0.1) is 6.10 Å². The van der Waals surface area contributed by atoms with Crippen LogP contribution in [-0.2, 0) is 0 Å². The SMILES string of the molecule is CCCCC(O)c1ccc(Br)nc1-c1nn[nH]n1.[H-].[K+]. The van der Waals surface area contributed by atoms with E-state index in [-0.39, 0.29) is 52.8 Å². The van der Waals surface area contributed by atoms with Crippen LogP contribution in [0.5, 0.6) is 0 Å². The van der Waals surface area contributed by atoms with Crippen molar-refractivity contribution in [3.05, 3.63) is 22.3 Å². The topological polar surface area (TPSA) is 87.6 Å². The molecule has 1 atom stereocenters. The van der Waals surface area contributed by atoms with Gasteiger partial charge >= 0.3 is 51.4 Å². The van der Waals surface area contributed by atoms with E-state index in [1.807, 2.05) is 6.07 Å². The molecule has 19 heavy (non-hydrogen) atoms. The van der Waals surface area contributed by atoms with Gasteiger partial charge in [-0.15, -0.1) is 10.2 Å². The number of nitrogens with one attached hydrogen (secondary N) is 1. The van der Waals surface area contributed by atoms with E-state index in [1.165, 1.54) is 0 Å². The van der Waals surface area contributed by atoms with Crippen molar-refractivity contribution in [1.29, 1.82) is 0 Å². The molecule has 0 radical (unpaired) electrons. The Kier molecular flexibility index (Phi) is 7.81. The molecule has 0 amide bonds. The van der Waals surface area contributed by atoms with Crippen molar-refractivity contribution in [2.75, 3.05) is 0 Å². The van der Waals surface area contributed by atoms with Crippen LogP contribution in [0.2, 0.25) is 0 Å². The fourth-order valence-corrected chi connectivity index (χ4v) is 2.02. The standard InChI is InChI=1S/C11H14BrN5O.K.H/c1-2-3-4-8(18)7-5-6-9(12)13-10(7)11-14-16-17-15-11;;/h5-6,8,18H,2-4H2,1H3,(H,14,15,16,17);;/q;+1;-1. The number of nitrogens with zero attached hydrogens (tertiary/aromatic N) is 4. The van der Waals surface area contributed by atoms with Gasteiger partial charge in [0.25, 0.3) is 0 Å². The average molecular weight is 352 g/mol. The molecule has 0 saturated carbocycles. The molecule has 2 aromatic rings. The van der Waals surface area contributed by atoms with E-state index in [4.69, 9.17) is 0 Å². The van der Waals surface area contributed by atoms with Crippen LogP contribution >= 0.6 is 15.9 Å². The number of tetrazole rings is 1. The Balaban J connectivity index is 0.00000180. The van der Waals surface area contributed by atoms with Crippen molar-refractivity contribution >= 4 is 15.9 Å². The van der Waals surface area contributed by atoms with E-state index < -0.39 is 6.10 Å². The maximum Gasteiger partial charge on any atom is 1.00 e. The van der Waals surface area contributed by atoms with E-state index in [0.717, 1.165) is 18.4 Å². The van der Waals surface area contributed by atoms with Crippen molar-refractivity contribution in [2.24, 2.45) is 0 Å². The summed E-state index contributed by atoms with van der Waals surface area (Å²) in [4.78, 5) is 4.32. The van der Waals surface area contributed by atoms with Crippen LogP contribution in [0.1, 0.15) is 39.3 Å². The number of aliphatic hydroxyl groups excluding tert-OH is 1. The first-order chi connectivity index (χ1) is 8.72. The number of H-pyrrole nitrogens is 1. The Hall–Kier alpha value is 0.296. The van der Waals surface area contributed by atoms with Crippen LogP contribution in [0.4, 0.5) is 0 Å². The smallest absolute Gasteiger partial charge is 1.00 e. The first kappa shape index (κ1) is 17.3. The molecule has 0 aromatic carbocycles. The van der Waals surface area contributed by atoms with Gasteiger partial charge in [-0.1, -0.05) is 25.8 Å². The summed E-state index contributed by atoms with van der Waals surface area (Å²) in [5.41, 5.74) is 1.29. The Morgan fingerprint density at radius 3 is 2.89 bits per heavy atom. The monoisotopic (exact) mass is 351 g/mol. The maximum atomic E-state index is 10.2. The molecular formula is C11H15BrKN5O. The van der Waals surface area contributed by atoms with Gasteiger partial charge in [-0.25, -0.2) is 4.98 Å². The van der Waals surface area contributed by atoms with Gasteiger partial charge in [-0.3, -0.25) is 0 Å². The predicted molar refractivity (Wildman–Crippen MR) is 70.7 cm³/mol. The fourth-order valence-electron chi connectivity index (χ4n) is 1.71. The van der Waals surface area contributed by atoms with E-state index in [0.29, 0.717) is 22.5 Å². The summed E-state index contributed by atoms with van der Waals surface area (Å²) in [6.45, 7) is 2.09. The van der Waals surface area contributed by atoms with Crippen molar-refractivity contribution in [1.82, 2.24) is 25.6 Å². The third-order valence-electron chi connectivity index (χ3n) is 2.64. The number of rotatable bonds is 5. The number of hydrogen-bond acceptors (Lipinski definition) is 5. The third kappa shape index (κ3) is 4.66. The molecule has 0 aliphatic carbocycles. The van der Waals surface area contributed by atoms with Crippen LogP contribution in [0.3, 0.4) is 0 Å². The first-order valence-corrected chi connectivity index (χ1v) is 6.60. The van der Waals surface area contributed by atoms with Crippen molar-refractivity contribution in [3.63, 3.8) is 0 Å². The van der Waals surface area contributed by atoms with Crippen LogP contribution in [0.25, 0.3) is 11.5 Å². The summed E-state index contributed by atoms with van der Waals surface area (Å²) >= 11 is 3.30. The Bertz CT molecular complexity index is 514. The molecule has 2 N–H and O–H groups in total. The number of aromatic nitrogens is 5. The van der Waals surface area contributed by atoms with Crippen LogP contribution in [-0.4, -0.2) is 30.7 Å². The molecule has 8 heteroatoms. The van der Waals surface area contributed by atoms with Gasteiger partial charge in [0.2, 0.25) is 5.82 Å². The Morgan fingerprint density at radius 2 is 2.26 bits per heavy atom. The van der Waals surface area contributed by atoms with E-state index >= 15 is 0 Å². The zero-order valence-corrected chi connectivity index (χ0v) is 15.7. The van der Waals surface area contributed by atoms with E-state index in [2.05, 4.69) is 48.5 Å². The quantitative estimate of drug-likeness (QED) is 0.552. The number of hydrogen-bond donors (Lipinski definition) is 2. The molecule has 2 rings (SSSR count). The molecule has 98 valence electrons. The molecule has 2 aromatic heterocycles. The van der Waals surface area contributed by atoms with Gasteiger partial charge in [0.1, 0.15) is 10.3 Å². The van der Waals surface area contributed by atoms with Gasteiger partial charge in [-0.2, -0.15) is 5.21 Å². The van der Waals surface area contributed by atoms with E-state index in [9.17, 15) is 5.11 Å². The minimum absolute atomic E-state index is 0. The molecule has 2 heterocycles. The van der Waals surface area contributed by atoms with Crippen LogP contribution in [0.15, 0.2) is 16.7 Å². The molecule has 6 nitrogen and oxygen atoms in total. The largest absolute Gasteiger partial charge is 1.00 e. The second-order valence-electron chi connectivity index (χ2n) is 3.97. The minimum atomic E-state index is -0.556. The molecule has 0 aliphatic heterocycles. The van der Waals surface area contributed by atoms with Gasteiger partial charge < -0.3 is 6.53 Å². The van der Waals surface area contributed by atoms with Gasteiger partial charge in [0.15, 0.2) is 0 Å². The van der Waals surface area contributed by atoms with Crippen LogP contribution < -0.4 is 51.4 Å². The van der Waals surface area contributed by atoms with Crippen molar-refractivity contribution in [3.8, 4) is 11.5 Å². The first-order valence-electron chi connectivity index (χ1n) is 5.80. The Labute approximate surface area is 163 Å². The molecule has 0 spiro atoms. The normalized spacial score (nSPS) is 11.9. The molecular weight excluding hydrogens is 337 g/mol. The second kappa shape index (κ2) is 8.55. The van der Waals surface area contributed by atoms with Gasteiger partial charge in [0, 0.05) is 5.56 Å². The maximum absolute atomic E-state index is 10.2. The number of unbranched alkanes of at least 4 members (excludes halogenated alkanes) is 1. The summed E-state index contributed by atoms with van der Waals surface area (Å²) in [5.74, 6) is 0.391. The minimum Gasteiger partial charge on any atom is -1.00 e. The third-order valence-corrected chi connectivity index (χ3v) is 3.08. The van der Waals surface area contributed by atoms with Crippen molar-refractivity contribution < 1.29 is 57.9 Å². The second-order valence-corrected chi connectivity index (χ2v) is 4.78. The fraction of sp³-hybridized carbons (Fsp3) is 0.455. The summed E-state index contributed by atoms with van der Waals surface area (Å²) < 4.78 is 0.675.